The minimum absolute atomic E-state index is 0.139. The van der Waals surface area contributed by atoms with Crippen molar-refractivity contribution in [1.29, 1.82) is 0 Å². The Labute approximate surface area is 170 Å². The Balaban J connectivity index is 1.93. The molecule has 2 aromatic rings. The molecule has 148 valence electrons. The molecule has 0 fully saturated rings. The van der Waals surface area contributed by atoms with E-state index in [1.165, 1.54) is 24.3 Å². The Morgan fingerprint density at radius 3 is 2.36 bits per heavy atom. The highest BCUT2D eigenvalue weighted by Gasteiger charge is 2.38. The number of halogens is 5. The second-order valence-corrected chi connectivity index (χ2v) is 6.55. The lowest BCUT2D eigenvalue weighted by molar-refractivity contribution is -0.167. The van der Waals surface area contributed by atoms with E-state index in [2.05, 4.69) is 21.2 Å². The number of carbonyl (C=O) groups is 3. The molecule has 0 bridgehead atoms. The van der Waals surface area contributed by atoms with Gasteiger partial charge < -0.3 is 15.4 Å². The van der Waals surface area contributed by atoms with E-state index in [0.29, 0.717) is 15.2 Å². The molecular formula is C17H11BrClF3N2O4. The van der Waals surface area contributed by atoms with Crippen LogP contribution in [0, 0.1) is 0 Å². The summed E-state index contributed by atoms with van der Waals surface area (Å²) in [5, 5.41) is 4.45. The Bertz CT molecular complexity index is 922. The van der Waals surface area contributed by atoms with Crippen LogP contribution in [0.4, 0.5) is 24.5 Å². The average Bonchev–Trinajstić information content (AvgIpc) is 2.62. The van der Waals surface area contributed by atoms with Crippen molar-refractivity contribution >= 4 is 56.7 Å². The van der Waals surface area contributed by atoms with Gasteiger partial charge in [-0.15, -0.1) is 0 Å². The molecule has 0 spiro atoms. The molecular weight excluding hydrogens is 469 g/mol. The third-order valence-electron chi connectivity index (χ3n) is 3.15. The van der Waals surface area contributed by atoms with E-state index < -0.39 is 30.6 Å². The maximum absolute atomic E-state index is 12.3. The standard InChI is InChI=1S/C17H11BrClF3N2O4/c18-12-5-4-11(7-13(12)19)23-14(25)8-28-15(26)9-2-1-3-10(6-9)24-16(27)17(20,21)22/h1-7H,8H2,(H,23,25)(H,24,27). The van der Waals surface area contributed by atoms with E-state index in [9.17, 15) is 27.6 Å². The maximum Gasteiger partial charge on any atom is 0.471 e. The first-order valence-corrected chi connectivity index (χ1v) is 8.63. The smallest absolute Gasteiger partial charge is 0.452 e. The Morgan fingerprint density at radius 1 is 1.04 bits per heavy atom. The quantitative estimate of drug-likeness (QED) is 0.623. The summed E-state index contributed by atoms with van der Waals surface area (Å²) in [6, 6.07) is 9.36. The third-order valence-corrected chi connectivity index (χ3v) is 4.38. The molecule has 0 saturated carbocycles. The second kappa shape index (κ2) is 9.07. The van der Waals surface area contributed by atoms with Crippen molar-refractivity contribution in [2.45, 2.75) is 6.18 Å². The maximum atomic E-state index is 12.3. The first kappa shape index (κ1) is 21.7. The Morgan fingerprint density at radius 2 is 1.71 bits per heavy atom. The zero-order valence-corrected chi connectivity index (χ0v) is 16.1. The van der Waals surface area contributed by atoms with Crippen LogP contribution in [0.5, 0.6) is 0 Å². The second-order valence-electron chi connectivity index (χ2n) is 5.29. The number of hydrogen-bond acceptors (Lipinski definition) is 4. The molecule has 0 atom stereocenters. The van der Waals surface area contributed by atoms with Gasteiger partial charge in [-0.2, -0.15) is 13.2 Å². The summed E-state index contributed by atoms with van der Waals surface area (Å²) in [7, 11) is 0. The number of alkyl halides is 3. The summed E-state index contributed by atoms with van der Waals surface area (Å²) in [6.07, 6.45) is -5.06. The highest BCUT2D eigenvalue weighted by Crippen LogP contribution is 2.25. The molecule has 6 nitrogen and oxygen atoms in total. The molecule has 28 heavy (non-hydrogen) atoms. The van der Waals surface area contributed by atoms with Crippen molar-refractivity contribution in [3.05, 3.63) is 57.5 Å². The predicted molar refractivity (Wildman–Crippen MR) is 99.2 cm³/mol. The topological polar surface area (TPSA) is 84.5 Å². The van der Waals surface area contributed by atoms with Gasteiger partial charge in [0.05, 0.1) is 10.6 Å². The summed E-state index contributed by atoms with van der Waals surface area (Å²) in [4.78, 5) is 34.7. The number of anilines is 2. The van der Waals surface area contributed by atoms with E-state index in [-0.39, 0.29) is 11.3 Å². The van der Waals surface area contributed by atoms with Crippen LogP contribution in [0.3, 0.4) is 0 Å². The van der Waals surface area contributed by atoms with Crippen LogP contribution in [0.2, 0.25) is 5.02 Å². The van der Waals surface area contributed by atoms with Crippen molar-refractivity contribution in [2.24, 2.45) is 0 Å². The zero-order valence-electron chi connectivity index (χ0n) is 13.8. The summed E-state index contributed by atoms with van der Waals surface area (Å²) < 4.78 is 42.3. The van der Waals surface area contributed by atoms with E-state index in [1.54, 1.807) is 17.4 Å². The molecule has 0 radical (unpaired) electrons. The fourth-order valence-electron chi connectivity index (χ4n) is 1.91. The minimum Gasteiger partial charge on any atom is -0.452 e. The monoisotopic (exact) mass is 478 g/mol. The molecule has 11 heteroatoms. The molecule has 2 amide bonds. The lowest BCUT2D eigenvalue weighted by Gasteiger charge is -2.10. The first-order chi connectivity index (χ1) is 13.1. The minimum atomic E-state index is -5.06. The zero-order chi connectivity index (χ0) is 20.9. The first-order valence-electron chi connectivity index (χ1n) is 7.46. The summed E-state index contributed by atoms with van der Waals surface area (Å²) in [6.45, 7) is -0.633. The molecule has 0 unspecified atom stereocenters. The van der Waals surface area contributed by atoms with Gasteiger partial charge in [0.2, 0.25) is 0 Å². The summed E-state index contributed by atoms with van der Waals surface area (Å²) in [5.41, 5.74) is -0.00343. The fraction of sp³-hybridized carbons (Fsp3) is 0.118. The van der Waals surface area contributed by atoms with Crippen LogP contribution >= 0.6 is 27.5 Å². The van der Waals surface area contributed by atoms with E-state index >= 15 is 0 Å². The molecule has 0 heterocycles. The Hall–Kier alpha value is -2.59. The molecule has 0 saturated heterocycles. The summed E-state index contributed by atoms with van der Waals surface area (Å²) >= 11 is 9.10. The highest BCUT2D eigenvalue weighted by atomic mass is 79.9. The molecule has 0 aromatic heterocycles. The number of esters is 1. The number of ether oxygens (including phenoxy) is 1. The average molecular weight is 480 g/mol. The lowest BCUT2D eigenvalue weighted by Crippen LogP contribution is -2.30. The third kappa shape index (κ3) is 6.24. The SMILES string of the molecule is O=C(COC(=O)c1cccc(NC(=O)C(F)(F)F)c1)Nc1ccc(Br)c(Cl)c1. The number of benzene rings is 2. The van der Waals surface area contributed by atoms with Crippen LogP contribution in [0.25, 0.3) is 0 Å². The van der Waals surface area contributed by atoms with Gasteiger partial charge in [0.1, 0.15) is 0 Å². The van der Waals surface area contributed by atoms with E-state index in [0.717, 1.165) is 6.07 Å². The van der Waals surface area contributed by atoms with Crippen molar-refractivity contribution < 1.29 is 32.3 Å². The highest BCUT2D eigenvalue weighted by molar-refractivity contribution is 9.10. The number of hydrogen-bond donors (Lipinski definition) is 2. The van der Waals surface area contributed by atoms with Gasteiger partial charge in [-0.1, -0.05) is 17.7 Å². The van der Waals surface area contributed by atoms with Gasteiger partial charge in [-0.3, -0.25) is 9.59 Å². The van der Waals surface area contributed by atoms with Crippen LogP contribution in [0.15, 0.2) is 46.9 Å². The van der Waals surface area contributed by atoms with Crippen LogP contribution in [0.1, 0.15) is 10.4 Å². The van der Waals surface area contributed by atoms with Gasteiger partial charge >= 0.3 is 18.1 Å². The van der Waals surface area contributed by atoms with Gasteiger partial charge in [0.25, 0.3) is 5.91 Å². The predicted octanol–water partition coefficient (Wildman–Crippen LogP) is 4.40. The van der Waals surface area contributed by atoms with Gasteiger partial charge in [0, 0.05) is 15.8 Å². The molecule has 0 aliphatic rings. The number of rotatable bonds is 5. The molecule has 0 aliphatic carbocycles. The normalized spacial score (nSPS) is 10.9. The number of amides is 2. The van der Waals surface area contributed by atoms with Gasteiger partial charge in [-0.25, -0.2) is 4.79 Å². The van der Waals surface area contributed by atoms with Crippen LogP contribution in [-0.4, -0.2) is 30.6 Å². The molecule has 2 rings (SSSR count). The van der Waals surface area contributed by atoms with Crippen molar-refractivity contribution in [2.75, 3.05) is 17.2 Å². The van der Waals surface area contributed by atoms with E-state index in [1.807, 2.05) is 0 Å². The van der Waals surface area contributed by atoms with E-state index in [4.69, 9.17) is 16.3 Å². The molecule has 0 aliphatic heterocycles. The van der Waals surface area contributed by atoms with Crippen molar-refractivity contribution in [3.63, 3.8) is 0 Å². The van der Waals surface area contributed by atoms with Crippen LogP contribution in [-0.2, 0) is 14.3 Å². The number of nitrogens with one attached hydrogen (secondary N) is 2. The van der Waals surface area contributed by atoms with Crippen LogP contribution < -0.4 is 10.6 Å². The molecule has 2 aromatic carbocycles. The summed E-state index contributed by atoms with van der Waals surface area (Å²) in [5.74, 6) is -3.77. The number of carbonyl (C=O) groups excluding carboxylic acids is 3. The molecule has 2 N–H and O–H groups in total. The largest absolute Gasteiger partial charge is 0.471 e. The van der Waals surface area contributed by atoms with Gasteiger partial charge in [-0.05, 0) is 52.3 Å². The van der Waals surface area contributed by atoms with Crippen molar-refractivity contribution in [1.82, 2.24) is 0 Å². The van der Waals surface area contributed by atoms with Crippen molar-refractivity contribution in [3.8, 4) is 0 Å². The van der Waals surface area contributed by atoms with Gasteiger partial charge in [0.15, 0.2) is 6.61 Å². The fourth-order valence-corrected chi connectivity index (χ4v) is 2.34. The lowest BCUT2D eigenvalue weighted by atomic mass is 10.2. The Kier molecular flexibility index (Phi) is 7.03.